The number of hydrogen-bond acceptors (Lipinski definition) is 7. The third kappa shape index (κ3) is 6.48. The molecule has 0 fully saturated rings. The van der Waals surface area contributed by atoms with E-state index in [4.69, 9.17) is 4.42 Å². The molecule has 0 saturated heterocycles. The van der Waals surface area contributed by atoms with Crippen LogP contribution in [0.15, 0.2) is 52.8 Å². The van der Waals surface area contributed by atoms with E-state index < -0.39 is 28.7 Å². The average molecular weight is 433 g/mol. The van der Waals surface area contributed by atoms with Gasteiger partial charge >= 0.3 is 5.97 Å². The number of carbonyl (C=O) groups is 3. The van der Waals surface area contributed by atoms with Crippen LogP contribution in [0.5, 0.6) is 0 Å². The Morgan fingerprint density at radius 2 is 2.07 bits per heavy atom. The number of amides is 2. The molecular weight excluding hydrogens is 414 g/mol. The molecule has 3 N–H and O–H groups in total. The lowest BCUT2D eigenvalue weighted by Gasteiger charge is -2.16. The lowest BCUT2D eigenvalue weighted by Crippen LogP contribution is -2.44. The zero-order valence-electron chi connectivity index (χ0n) is 15.9. The first-order chi connectivity index (χ1) is 14.3. The molecule has 0 spiro atoms. The molecule has 1 aromatic carbocycles. The molecule has 0 radical (unpaired) electrons. The number of hydrogen-bond donors (Lipinski definition) is 3. The summed E-state index contributed by atoms with van der Waals surface area (Å²) in [6.07, 6.45) is 4.48. The molecule has 11 heteroatoms. The number of non-ortho nitro benzene ring substituents is 1. The Labute approximate surface area is 175 Å². The number of aliphatic carboxylic acids is 1. The Bertz CT molecular complexity index is 957. The van der Waals surface area contributed by atoms with Crippen LogP contribution in [0.25, 0.3) is 6.08 Å². The lowest BCUT2D eigenvalue weighted by atomic mass is 10.1. The van der Waals surface area contributed by atoms with Gasteiger partial charge in [-0.25, -0.2) is 4.79 Å². The second-order valence-electron chi connectivity index (χ2n) is 5.99. The maximum absolute atomic E-state index is 12.7. The van der Waals surface area contributed by atoms with Crippen molar-refractivity contribution in [2.24, 2.45) is 0 Å². The number of nitro groups is 1. The van der Waals surface area contributed by atoms with Crippen molar-refractivity contribution in [2.45, 2.75) is 12.5 Å². The number of carbonyl (C=O) groups excluding carboxylic acids is 2. The molecule has 1 heterocycles. The van der Waals surface area contributed by atoms with E-state index in [1.165, 1.54) is 60.5 Å². The highest BCUT2D eigenvalue weighted by molar-refractivity contribution is 7.98. The molecule has 30 heavy (non-hydrogen) atoms. The molecule has 1 atom stereocenters. The van der Waals surface area contributed by atoms with Crippen molar-refractivity contribution in [3.8, 4) is 0 Å². The molecule has 2 aromatic rings. The van der Waals surface area contributed by atoms with Gasteiger partial charge in [0, 0.05) is 12.1 Å². The molecule has 0 saturated carbocycles. The van der Waals surface area contributed by atoms with E-state index >= 15 is 0 Å². The fourth-order valence-electron chi connectivity index (χ4n) is 2.37. The van der Waals surface area contributed by atoms with Crippen LogP contribution in [-0.4, -0.2) is 45.9 Å². The summed E-state index contributed by atoms with van der Waals surface area (Å²) in [5.41, 5.74) is -0.221. The number of nitrogens with zero attached hydrogens (tertiary/aromatic N) is 1. The fourth-order valence-corrected chi connectivity index (χ4v) is 2.85. The number of nitrogens with one attached hydrogen (secondary N) is 2. The largest absolute Gasteiger partial charge is 0.480 e. The van der Waals surface area contributed by atoms with Crippen molar-refractivity contribution in [3.05, 3.63) is 69.8 Å². The summed E-state index contributed by atoms with van der Waals surface area (Å²) in [4.78, 5) is 46.9. The molecule has 1 unspecified atom stereocenters. The van der Waals surface area contributed by atoms with E-state index in [0.717, 1.165) is 0 Å². The molecule has 10 nitrogen and oxygen atoms in total. The Hall–Kier alpha value is -3.60. The minimum Gasteiger partial charge on any atom is -0.480 e. The molecule has 0 aliphatic rings. The Balaban J connectivity index is 2.33. The molecule has 158 valence electrons. The highest BCUT2D eigenvalue weighted by Crippen LogP contribution is 2.16. The van der Waals surface area contributed by atoms with Crippen LogP contribution in [0.1, 0.15) is 22.5 Å². The summed E-state index contributed by atoms with van der Waals surface area (Å²) in [6, 6.07) is 7.13. The van der Waals surface area contributed by atoms with Gasteiger partial charge in [-0.05, 0) is 42.2 Å². The molecular formula is C19H19N3O7S. The SMILES string of the molecule is CSCCC(NC(=O)/C(=C\c1cccc([N+](=O)[O-])c1)NC(=O)c1ccco1)C(=O)O. The van der Waals surface area contributed by atoms with Crippen molar-refractivity contribution in [1.82, 2.24) is 10.6 Å². The summed E-state index contributed by atoms with van der Waals surface area (Å²) in [7, 11) is 0. The molecule has 2 amide bonds. The van der Waals surface area contributed by atoms with Gasteiger partial charge in [0.25, 0.3) is 17.5 Å². The second-order valence-corrected chi connectivity index (χ2v) is 6.97. The first kappa shape index (κ1) is 22.7. The zero-order chi connectivity index (χ0) is 22.1. The lowest BCUT2D eigenvalue weighted by molar-refractivity contribution is -0.384. The Morgan fingerprint density at radius 1 is 1.30 bits per heavy atom. The fraction of sp³-hybridized carbons (Fsp3) is 0.211. The topological polar surface area (TPSA) is 152 Å². The van der Waals surface area contributed by atoms with Crippen molar-refractivity contribution >= 4 is 41.3 Å². The van der Waals surface area contributed by atoms with Crippen LogP contribution in [0, 0.1) is 10.1 Å². The van der Waals surface area contributed by atoms with Crippen LogP contribution in [-0.2, 0) is 9.59 Å². The number of thioether (sulfide) groups is 1. The Kier molecular flexibility index (Phi) is 8.18. The standard InChI is InChI=1S/C19H19N3O7S/c1-30-9-7-14(19(25)26)20-17(23)15(21-18(24)16-6-3-8-29-16)11-12-4-2-5-13(10-12)22(27)28/h2-6,8,10-11,14H,7,9H2,1H3,(H,20,23)(H,21,24)(H,25,26)/b15-11+. The van der Waals surface area contributed by atoms with Crippen LogP contribution < -0.4 is 10.6 Å². The number of carboxylic acid groups (broad SMARTS) is 1. The minimum absolute atomic E-state index is 0.0649. The summed E-state index contributed by atoms with van der Waals surface area (Å²) in [5.74, 6) is -2.37. The van der Waals surface area contributed by atoms with Crippen LogP contribution in [0.2, 0.25) is 0 Å². The molecule has 0 aliphatic carbocycles. The monoisotopic (exact) mass is 433 g/mol. The summed E-state index contributed by atoms with van der Waals surface area (Å²) >= 11 is 1.42. The quantitative estimate of drug-likeness (QED) is 0.293. The predicted molar refractivity (Wildman–Crippen MR) is 110 cm³/mol. The van der Waals surface area contributed by atoms with Crippen molar-refractivity contribution in [1.29, 1.82) is 0 Å². The van der Waals surface area contributed by atoms with E-state index in [1.807, 2.05) is 0 Å². The van der Waals surface area contributed by atoms with Crippen LogP contribution in [0.3, 0.4) is 0 Å². The Morgan fingerprint density at radius 3 is 2.67 bits per heavy atom. The van der Waals surface area contributed by atoms with Gasteiger partial charge in [0.2, 0.25) is 0 Å². The van der Waals surface area contributed by atoms with Crippen LogP contribution in [0.4, 0.5) is 5.69 Å². The molecule has 1 aromatic heterocycles. The number of benzene rings is 1. The average Bonchev–Trinajstić information content (AvgIpc) is 3.25. The van der Waals surface area contributed by atoms with Gasteiger partial charge < -0.3 is 20.2 Å². The van der Waals surface area contributed by atoms with Gasteiger partial charge in [-0.2, -0.15) is 11.8 Å². The van der Waals surface area contributed by atoms with Gasteiger partial charge in [-0.15, -0.1) is 0 Å². The summed E-state index contributed by atoms with van der Waals surface area (Å²) in [6.45, 7) is 0. The van der Waals surface area contributed by atoms with Gasteiger partial charge in [0.15, 0.2) is 5.76 Å². The van der Waals surface area contributed by atoms with E-state index in [-0.39, 0.29) is 29.1 Å². The smallest absolute Gasteiger partial charge is 0.326 e. The maximum Gasteiger partial charge on any atom is 0.326 e. The van der Waals surface area contributed by atoms with Crippen molar-refractivity contribution in [3.63, 3.8) is 0 Å². The summed E-state index contributed by atoms with van der Waals surface area (Å²) < 4.78 is 4.99. The van der Waals surface area contributed by atoms with Gasteiger partial charge in [0.05, 0.1) is 11.2 Å². The van der Waals surface area contributed by atoms with Gasteiger partial charge in [-0.1, -0.05) is 12.1 Å². The van der Waals surface area contributed by atoms with E-state index in [9.17, 15) is 29.6 Å². The minimum atomic E-state index is -1.22. The normalized spacial score (nSPS) is 12.1. The first-order valence-corrected chi connectivity index (χ1v) is 10.0. The number of carboxylic acids is 1. The van der Waals surface area contributed by atoms with E-state index in [1.54, 1.807) is 6.26 Å². The van der Waals surface area contributed by atoms with Crippen molar-refractivity contribution < 1.29 is 28.8 Å². The number of nitro benzene ring substituents is 1. The van der Waals surface area contributed by atoms with Crippen LogP contribution >= 0.6 is 11.8 Å². The molecule has 2 rings (SSSR count). The third-order valence-corrected chi connectivity index (χ3v) is 4.49. The third-order valence-electron chi connectivity index (χ3n) is 3.84. The maximum atomic E-state index is 12.7. The predicted octanol–water partition coefficient (Wildman–Crippen LogP) is 2.28. The first-order valence-electron chi connectivity index (χ1n) is 8.65. The molecule has 0 bridgehead atoms. The number of furan rings is 1. The highest BCUT2D eigenvalue weighted by atomic mass is 32.2. The molecule has 0 aliphatic heterocycles. The highest BCUT2D eigenvalue weighted by Gasteiger charge is 2.23. The second kappa shape index (κ2) is 10.8. The number of rotatable bonds is 10. The van der Waals surface area contributed by atoms with Gasteiger partial charge in [-0.3, -0.25) is 19.7 Å². The van der Waals surface area contributed by atoms with E-state index in [0.29, 0.717) is 5.75 Å². The van der Waals surface area contributed by atoms with Gasteiger partial charge in [0.1, 0.15) is 11.7 Å². The van der Waals surface area contributed by atoms with Crippen molar-refractivity contribution in [2.75, 3.05) is 12.0 Å². The zero-order valence-corrected chi connectivity index (χ0v) is 16.7. The van der Waals surface area contributed by atoms with E-state index in [2.05, 4.69) is 10.6 Å². The summed E-state index contributed by atoms with van der Waals surface area (Å²) in [5, 5.41) is 25.0.